The van der Waals surface area contributed by atoms with Gasteiger partial charge in [0.05, 0.1) is 5.71 Å². The molecular formula is C21H24N2O5. The summed E-state index contributed by atoms with van der Waals surface area (Å²) in [6.07, 6.45) is 0.605. The van der Waals surface area contributed by atoms with Crippen LogP contribution >= 0.6 is 0 Å². The Morgan fingerprint density at radius 2 is 1.61 bits per heavy atom. The van der Waals surface area contributed by atoms with Gasteiger partial charge >= 0.3 is 5.97 Å². The van der Waals surface area contributed by atoms with Crippen LogP contribution in [0.2, 0.25) is 0 Å². The smallest absolute Gasteiger partial charge is 0.341 e. The number of hydrogen-bond acceptors (Lipinski definition) is 5. The van der Waals surface area contributed by atoms with Crippen LogP contribution in [0.1, 0.15) is 30.0 Å². The zero-order valence-corrected chi connectivity index (χ0v) is 16.2. The van der Waals surface area contributed by atoms with Crippen LogP contribution in [0.3, 0.4) is 0 Å². The highest BCUT2D eigenvalue weighted by molar-refractivity contribution is 6.01. The third kappa shape index (κ3) is 6.42. The maximum atomic E-state index is 12.0. The molecule has 0 bridgehead atoms. The van der Waals surface area contributed by atoms with Crippen LogP contribution in [0.4, 0.5) is 0 Å². The first kappa shape index (κ1) is 21.0. The van der Waals surface area contributed by atoms with E-state index in [9.17, 15) is 9.59 Å². The number of carbonyl (C=O) groups is 2. The summed E-state index contributed by atoms with van der Waals surface area (Å²) in [5, 5.41) is 12.8. The van der Waals surface area contributed by atoms with E-state index in [4.69, 9.17) is 14.6 Å². The second-order valence-electron chi connectivity index (χ2n) is 6.19. The lowest BCUT2D eigenvalue weighted by molar-refractivity contribution is -0.139. The van der Waals surface area contributed by atoms with E-state index in [0.29, 0.717) is 23.6 Å². The Bertz CT molecular complexity index is 860. The van der Waals surface area contributed by atoms with Gasteiger partial charge in [-0.25, -0.2) is 10.2 Å². The lowest BCUT2D eigenvalue weighted by atomic mass is 10.1. The molecule has 28 heavy (non-hydrogen) atoms. The van der Waals surface area contributed by atoms with Crippen molar-refractivity contribution in [2.75, 3.05) is 13.2 Å². The van der Waals surface area contributed by atoms with Crippen LogP contribution in [-0.4, -0.2) is 35.9 Å². The number of benzene rings is 2. The number of carbonyl (C=O) groups excluding carboxylic acids is 1. The number of nitrogens with one attached hydrogen (secondary N) is 1. The SMILES string of the molecule is CC/C(=N/NC(=O)COc1ccc(C)c(C)c1)c1ccc(OCC(=O)O)cc1. The summed E-state index contributed by atoms with van der Waals surface area (Å²) >= 11 is 0. The monoisotopic (exact) mass is 384 g/mol. The molecule has 0 unspecified atom stereocenters. The molecule has 0 saturated heterocycles. The Morgan fingerprint density at radius 1 is 0.964 bits per heavy atom. The maximum Gasteiger partial charge on any atom is 0.341 e. The number of nitrogens with zero attached hydrogens (tertiary/aromatic N) is 1. The second kappa shape index (κ2) is 10.1. The van der Waals surface area contributed by atoms with Crippen LogP contribution in [0, 0.1) is 13.8 Å². The number of aryl methyl sites for hydroxylation is 2. The average Bonchev–Trinajstić information content (AvgIpc) is 2.68. The van der Waals surface area contributed by atoms with E-state index in [0.717, 1.165) is 16.7 Å². The Morgan fingerprint density at radius 3 is 2.21 bits per heavy atom. The molecule has 7 nitrogen and oxygen atoms in total. The molecule has 0 spiro atoms. The first-order valence-corrected chi connectivity index (χ1v) is 8.89. The van der Waals surface area contributed by atoms with Crippen LogP contribution in [0.15, 0.2) is 47.6 Å². The predicted molar refractivity (Wildman–Crippen MR) is 106 cm³/mol. The van der Waals surface area contributed by atoms with Crippen LogP contribution < -0.4 is 14.9 Å². The highest BCUT2D eigenvalue weighted by Crippen LogP contribution is 2.16. The molecule has 0 aliphatic rings. The van der Waals surface area contributed by atoms with Gasteiger partial charge in [-0.05, 0) is 73.4 Å². The first-order chi connectivity index (χ1) is 13.4. The third-order valence-electron chi connectivity index (χ3n) is 4.05. The van der Waals surface area contributed by atoms with Crippen molar-refractivity contribution in [3.8, 4) is 11.5 Å². The molecule has 0 heterocycles. The van der Waals surface area contributed by atoms with E-state index < -0.39 is 12.6 Å². The van der Waals surface area contributed by atoms with Gasteiger partial charge in [-0.2, -0.15) is 5.10 Å². The number of ether oxygens (including phenoxy) is 2. The van der Waals surface area contributed by atoms with Crippen molar-refractivity contribution >= 4 is 17.6 Å². The van der Waals surface area contributed by atoms with Crippen molar-refractivity contribution in [3.05, 3.63) is 59.2 Å². The molecule has 0 saturated carbocycles. The second-order valence-corrected chi connectivity index (χ2v) is 6.19. The number of aliphatic carboxylic acids is 1. The molecule has 0 radical (unpaired) electrons. The predicted octanol–water partition coefficient (Wildman–Crippen LogP) is 3.08. The molecule has 2 aromatic carbocycles. The van der Waals surface area contributed by atoms with Gasteiger partial charge in [0.15, 0.2) is 13.2 Å². The van der Waals surface area contributed by atoms with Crippen molar-refractivity contribution < 1.29 is 24.2 Å². The highest BCUT2D eigenvalue weighted by atomic mass is 16.5. The van der Waals surface area contributed by atoms with Crippen molar-refractivity contribution in [2.45, 2.75) is 27.2 Å². The summed E-state index contributed by atoms with van der Waals surface area (Å²) in [6, 6.07) is 12.5. The maximum absolute atomic E-state index is 12.0. The molecule has 2 rings (SSSR count). The van der Waals surface area contributed by atoms with E-state index in [1.807, 2.05) is 39.0 Å². The van der Waals surface area contributed by atoms with Gasteiger partial charge in [-0.3, -0.25) is 4.79 Å². The van der Waals surface area contributed by atoms with E-state index in [1.165, 1.54) is 0 Å². The quantitative estimate of drug-likeness (QED) is 0.511. The molecule has 0 fully saturated rings. The van der Waals surface area contributed by atoms with E-state index >= 15 is 0 Å². The Labute approximate surface area is 164 Å². The highest BCUT2D eigenvalue weighted by Gasteiger charge is 2.06. The van der Waals surface area contributed by atoms with Crippen molar-refractivity contribution in [1.82, 2.24) is 5.43 Å². The van der Waals surface area contributed by atoms with Gasteiger partial charge in [0.2, 0.25) is 0 Å². The summed E-state index contributed by atoms with van der Waals surface area (Å²) in [5.41, 5.74) is 6.25. The zero-order valence-electron chi connectivity index (χ0n) is 16.2. The summed E-state index contributed by atoms with van der Waals surface area (Å²) < 4.78 is 10.6. The average molecular weight is 384 g/mol. The van der Waals surface area contributed by atoms with Gasteiger partial charge in [-0.15, -0.1) is 0 Å². The first-order valence-electron chi connectivity index (χ1n) is 8.89. The fourth-order valence-electron chi connectivity index (χ4n) is 2.35. The number of rotatable bonds is 9. The Balaban J connectivity index is 1.91. The standard InChI is InChI=1S/C21H24N2O5/c1-4-19(16-6-9-17(10-7-16)28-13-21(25)26)22-23-20(24)12-27-18-8-5-14(2)15(3)11-18/h5-11H,4,12-13H2,1-3H3,(H,23,24)(H,25,26)/b22-19-. The number of hydrazone groups is 1. The molecule has 0 aliphatic heterocycles. The molecule has 0 aliphatic carbocycles. The van der Waals surface area contributed by atoms with Crippen LogP contribution in [0.5, 0.6) is 11.5 Å². The minimum atomic E-state index is -1.04. The number of carboxylic acids is 1. The van der Waals surface area contributed by atoms with Gasteiger partial charge in [0, 0.05) is 0 Å². The summed E-state index contributed by atoms with van der Waals surface area (Å²) in [5.74, 6) is -0.307. The molecule has 0 atom stereocenters. The molecule has 148 valence electrons. The summed E-state index contributed by atoms with van der Waals surface area (Å²) in [7, 11) is 0. The van der Waals surface area contributed by atoms with Crippen LogP contribution in [-0.2, 0) is 9.59 Å². The topological polar surface area (TPSA) is 97.2 Å². The minimum absolute atomic E-state index is 0.134. The van der Waals surface area contributed by atoms with Crippen molar-refractivity contribution in [2.24, 2.45) is 5.10 Å². The van der Waals surface area contributed by atoms with E-state index in [1.54, 1.807) is 24.3 Å². The van der Waals surface area contributed by atoms with Crippen LogP contribution in [0.25, 0.3) is 0 Å². The molecule has 0 aromatic heterocycles. The largest absolute Gasteiger partial charge is 0.484 e. The summed E-state index contributed by atoms with van der Waals surface area (Å²) in [4.78, 5) is 22.5. The van der Waals surface area contributed by atoms with Gasteiger partial charge in [0.25, 0.3) is 5.91 Å². The lowest BCUT2D eigenvalue weighted by Crippen LogP contribution is -2.26. The Hall–Kier alpha value is -3.35. The zero-order chi connectivity index (χ0) is 20.5. The van der Waals surface area contributed by atoms with Crippen molar-refractivity contribution in [3.63, 3.8) is 0 Å². The van der Waals surface area contributed by atoms with Gasteiger partial charge in [-0.1, -0.05) is 13.0 Å². The van der Waals surface area contributed by atoms with E-state index in [2.05, 4.69) is 10.5 Å². The number of amides is 1. The lowest BCUT2D eigenvalue weighted by Gasteiger charge is -2.09. The normalized spacial score (nSPS) is 11.0. The Kier molecular flexibility index (Phi) is 7.56. The molecule has 2 aromatic rings. The summed E-state index contributed by atoms with van der Waals surface area (Å²) in [6.45, 7) is 5.39. The number of carboxylic acid groups (broad SMARTS) is 1. The van der Waals surface area contributed by atoms with Crippen molar-refractivity contribution in [1.29, 1.82) is 0 Å². The molecule has 7 heteroatoms. The fourth-order valence-corrected chi connectivity index (χ4v) is 2.35. The minimum Gasteiger partial charge on any atom is -0.484 e. The third-order valence-corrected chi connectivity index (χ3v) is 4.05. The number of hydrogen-bond donors (Lipinski definition) is 2. The van der Waals surface area contributed by atoms with Gasteiger partial charge in [0.1, 0.15) is 11.5 Å². The molecule has 2 N–H and O–H groups in total. The molecular weight excluding hydrogens is 360 g/mol. The fraction of sp³-hybridized carbons (Fsp3) is 0.286. The van der Waals surface area contributed by atoms with E-state index in [-0.39, 0.29) is 12.5 Å². The molecule has 1 amide bonds. The van der Waals surface area contributed by atoms with Gasteiger partial charge < -0.3 is 14.6 Å².